The zero-order valence-corrected chi connectivity index (χ0v) is 25.2. The summed E-state index contributed by atoms with van der Waals surface area (Å²) in [6.45, 7) is 0.472. The molecule has 0 aliphatic carbocycles. The van der Waals surface area contributed by atoms with Crippen molar-refractivity contribution in [3.8, 4) is 6.07 Å². The topological polar surface area (TPSA) is 100.0 Å². The summed E-state index contributed by atoms with van der Waals surface area (Å²) in [6, 6.07) is 21.4. The minimum absolute atomic E-state index is 0.0164. The Hall–Kier alpha value is -4.24. The number of nitrogens with one attached hydrogen (secondary N) is 1. The summed E-state index contributed by atoms with van der Waals surface area (Å²) in [5.74, 6) is -0.783. The van der Waals surface area contributed by atoms with E-state index in [1.807, 2.05) is 16.7 Å². The van der Waals surface area contributed by atoms with Gasteiger partial charge in [-0.05, 0) is 66.6 Å². The zero-order valence-electron chi connectivity index (χ0n) is 23.6. The van der Waals surface area contributed by atoms with Crippen molar-refractivity contribution in [2.45, 2.75) is 32.1 Å². The molecule has 0 fully saturated rings. The number of aromatic nitrogens is 2. The molecular weight excluding hydrogens is 609 g/mol. The van der Waals surface area contributed by atoms with Crippen LogP contribution in [0.25, 0.3) is 0 Å². The molecule has 1 atom stereocenters. The number of para-hydroxylation sites is 1. The Morgan fingerprint density at radius 1 is 1.11 bits per heavy atom. The number of halogens is 4. The maximum absolute atomic E-state index is 13.9. The molecule has 4 rings (SSSR count). The summed E-state index contributed by atoms with van der Waals surface area (Å²) < 4.78 is 43.5. The van der Waals surface area contributed by atoms with Crippen molar-refractivity contribution in [3.05, 3.63) is 118 Å². The van der Waals surface area contributed by atoms with Gasteiger partial charge in [-0.3, -0.25) is 4.79 Å². The van der Waals surface area contributed by atoms with Crippen LogP contribution in [0.5, 0.6) is 0 Å². The number of carbonyl (C=O) groups is 1. The van der Waals surface area contributed by atoms with Crippen molar-refractivity contribution in [1.82, 2.24) is 14.5 Å². The lowest BCUT2D eigenvalue weighted by Crippen LogP contribution is -2.41. The first-order valence-electron chi connectivity index (χ1n) is 13.8. The third kappa shape index (κ3) is 8.66. The Balaban J connectivity index is 1.57. The van der Waals surface area contributed by atoms with Gasteiger partial charge in [-0.1, -0.05) is 54.1 Å². The third-order valence-corrected chi connectivity index (χ3v) is 7.78. The van der Waals surface area contributed by atoms with Gasteiger partial charge in [0, 0.05) is 43.9 Å². The quantitative estimate of drug-likeness (QED) is 0.172. The van der Waals surface area contributed by atoms with Gasteiger partial charge in [0.05, 0.1) is 34.2 Å². The van der Waals surface area contributed by atoms with Crippen molar-refractivity contribution in [1.29, 1.82) is 5.26 Å². The van der Waals surface area contributed by atoms with Crippen LogP contribution < -0.4 is 11.1 Å². The van der Waals surface area contributed by atoms with Crippen molar-refractivity contribution >= 4 is 40.4 Å². The highest BCUT2D eigenvalue weighted by Crippen LogP contribution is 2.33. The molecule has 0 unspecified atom stereocenters. The van der Waals surface area contributed by atoms with Gasteiger partial charge in [0.15, 0.2) is 5.11 Å². The maximum atomic E-state index is 13.9. The summed E-state index contributed by atoms with van der Waals surface area (Å²) >= 11 is 12.0. The van der Waals surface area contributed by atoms with Crippen molar-refractivity contribution in [2.75, 3.05) is 18.4 Å². The van der Waals surface area contributed by atoms with E-state index in [1.165, 1.54) is 18.2 Å². The molecule has 0 bridgehead atoms. The van der Waals surface area contributed by atoms with Gasteiger partial charge in [0.1, 0.15) is 5.78 Å². The Morgan fingerprint density at radius 3 is 2.50 bits per heavy atom. The number of Topliss-reactive ketones (excluding diaryl/α,β-unsaturated/α-hetero) is 1. The van der Waals surface area contributed by atoms with Crippen LogP contribution in [0.4, 0.5) is 18.9 Å². The standard InChI is InChI=1S/C32H30ClF3N6OS/c33-28-7-3-4-8-29(28)40-31(44)41(19-24-5-1-2-6-27(24)32(34,35)36)20-25(13-14-37)30(43)15-26-17-39-21-42(26)18-23-11-9-22(16-38)10-12-23/h1-12,17,21,25H,13-15,18-20,37H2,(H,40,44)/t25-/m0/s1. The Kier molecular flexibility index (Phi) is 11.1. The summed E-state index contributed by atoms with van der Waals surface area (Å²) in [7, 11) is 0. The van der Waals surface area contributed by atoms with Gasteiger partial charge in [0.2, 0.25) is 0 Å². The molecular formula is C32H30ClF3N6OS. The second-order valence-electron chi connectivity index (χ2n) is 10.2. The molecule has 3 aromatic carbocycles. The number of nitrogens with two attached hydrogens (primary N) is 1. The van der Waals surface area contributed by atoms with E-state index in [-0.39, 0.29) is 42.5 Å². The van der Waals surface area contributed by atoms with Crippen molar-refractivity contribution < 1.29 is 18.0 Å². The van der Waals surface area contributed by atoms with Crippen LogP contribution in [0.3, 0.4) is 0 Å². The number of alkyl halides is 3. The fourth-order valence-corrected chi connectivity index (χ4v) is 5.21. The average molecular weight is 639 g/mol. The molecule has 1 heterocycles. The molecule has 0 saturated carbocycles. The van der Waals surface area contributed by atoms with Crippen LogP contribution >= 0.6 is 23.8 Å². The molecule has 0 radical (unpaired) electrons. The molecule has 0 aliphatic rings. The molecule has 0 aliphatic heterocycles. The largest absolute Gasteiger partial charge is 0.416 e. The lowest BCUT2D eigenvalue weighted by atomic mass is 9.95. The predicted octanol–water partition coefficient (Wildman–Crippen LogP) is 6.45. The second-order valence-corrected chi connectivity index (χ2v) is 11.0. The number of nitrogens with zero attached hydrogens (tertiary/aromatic N) is 4. The summed E-state index contributed by atoms with van der Waals surface area (Å²) in [6.07, 6.45) is -0.989. The molecule has 0 saturated heterocycles. The van der Waals surface area contributed by atoms with Gasteiger partial charge < -0.3 is 20.5 Å². The fraction of sp³-hybridized carbons (Fsp3) is 0.250. The zero-order chi connectivity index (χ0) is 31.7. The number of benzene rings is 3. The lowest BCUT2D eigenvalue weighted by Gasteiger charge is -2.30. The monoisotopic (exact) mass is 638 g/mol. The first-order chi connectivity index (χ1) is 21.1. The van der Waals surface area contributed by atoms with Crippen LogP contribution in [0.2, 0.25) is 5.02 Å². The number of ketones is 1. The molecule has 4 aromatic rings. The van der Waals surface area contributed by atoms with Crippen LogP contribution in [0, 0.1) is 17.2 Å². The fourth-order valence-electron chi connectivity index (χ4n) is 4.78. The van der Waals surface area contributed by atoms with E-state index in [1.54, 1.807) is 53.8 Å². The molecule has 7 nitrogen and oxygen atoms in total. The normalized spacial score (nSPS) is 11.9. The molecule has 0 spiro atoms. The first-order valence-corrected chi connectivity index (χ1v) is 14.5. The minimum Gasteiger partial charge on any atom is -0.344 e. The third-order valence-electron chi connectivity index (χ3n) is 7.09. The highest BCUT2D eigenvalue weighted by atomic mass is 35.5. The molecule has 44 heavy (non-hydrogen) atoms. The number of imidazole rings is 1. The highest BCUT2D eigenvalue weighted by molar-refractivity contribution is 7.80. The number of carbonyl (C=O) groups excluding carboxylic acids is 1. The predicted molar refractivity (Wildman–Crippen MR) is 168 cm³/mol. The van der Waals surface area contributed by atoms with E-state index in [4.69, 9.17) is 34.8 Å². The molecule has 1 aromatic heterocycles. The minimum atomic E-state index is -4.57. The first kappa shape index (κ1) is 32.7. The molecule has 0 amide bonds. The number of anilines is 1. The number of hydrogen-bond donors (Lipinski definition) is 2. The molecule has 228 valence electrons. The number of thiocarbonyl (C=S) groups is 1. The van der Waals surface area contributed by atoms with Crippen LogP contribution in [0.1, 0.15) is 34.4 Å². The SMILES string of the molecule is N#Cc1ccc(Cn2cncc2CC(=O)[C@@H](CCN)CN(Cc2ccccc2C(F)(F)F)C(=S)Nc2ccccc2Cl)cc1. The van der Waals surface area contributed by atoms with Gasteiger partial charge in [-0.2, -0.15) is 18.4 Å². The van der Waals surface area contributed by atoms with Gasteiger partial charge in [0.25, 0.3) is 0 Å². The van der Waals surface area contributed by atoms with Gasteiger partial charge >= 0.3 is 6.18 Å². The average Bonchev–Trinajstić information content (AvgIpc) is 3.43. The smallest absolute Gasteiger partial charge is 0.344 e. The van der Waals surface area contributed by atoms with E-state index >= 15 is 0 Å². The highest BCUT2D eigenvalue weighted by Gasteiger charge is 2.34. The number of rotatable bonds is 12. The van der Waals surface area contributed by atoms with E-state index in [0.717, 1.165) is 11.6 Å². The van der Waals surface area contributed by atoms with Gasteiger partial charge in [-0.25, -0.2) is 4.98 Å². The Bertz CT molecular complexity index is 1630. The maximum Gasteiger partial charge on any atom is 0.416 e. The summed E-state index contributed by atoms with van der Waals surface area (Å²) in [4.78, 5) is 19.5. The van der Waals surface area contributed by atoms with E-state index in [0.29, 0.717) is 34.9 Å². The van der Waals surface area contributed by atoms with Crippen LogP contribution in [0.15, 0.2) is 85.3 Å². The van der Waals surface area contributed by atoms with Crippen LogP contribution in [-0.4, -0.2) is 38.4 Å². The van der Waals surface area contributed by atoms with E-state index in [2.05, 4.69) is 16.4 Å². The van der Waals surface area contributed by atoms with Gasteiger partial charge in [-0.15, -0.1) is 0 Å². The number of nitriles is 1. The molecule has 12 heteroatoms. The van der Waals surface area contributed by atoms with E-state index < -0.39 is 17.7 Å². The second kappa shape index (κ2) is 15.0. The number of hydrogen-bond acceptors (Lipinski definition) is 5. The Labute approximate surface area is 264 Å². The Morgan fingerprint density at radius 2 is 1.82 bits per heavy atom. The van der Waals surface area contributed by atoms with Crippen molar-refractivity contribution in [3.63, 3.8) is 0 Å². The summed E-state index contributed by atoms with van der Waals surface area (Å²) in [5, 5.41) is 12.6. The summed E-state index contributed by atoms with van der Waals surface area (Å²) in [5.41, 5.74) is 7.77. The lowest BCUT2D eigenvalue weighted by molar-refractivity contribution is -0.138. The van der Waals surface area contributed by atoms with Crippen LogP contribution in [-0.2, 0) is 30.5 Å². The van der Waals surface area contributed by atoms with E-state index in [9.17, 15) is 18.0 Å². The van der Waals surface area contributed by atoms with Crippen molar-refractivity contribution in [2.24, 2.45) is 11.7 Å². The molecule has 3 N–H and O–H groups in total.